The minimum atomic E-state index is 0.0692. The molecule has 0 radical (unpaired) electrons. The summed E-state index contributed by atoms with van der Waals surface area (Å²) in [6.45, 7) is 2.89. The van der Waals surface area contributed by atoms with Crippen LogP contribution >= 0.6 is 22.9 Å². The number of nitrogens with zero attached hydrogens (tertiary/aromatic N) is 1. The third kappa shape index (κ3) is 2.69. The van der Waals surface area contributed by atoms with Crippen LogP contribution in [-0.2, 0) is 4.74 Å². The SMILES string of the molecule is OCC1CCN(I)CCO1. The van der Waals surface area contributed by atoms with E-state index >= 15 is 0 Å². The molecular formula is C6H12INO2. The van der Waals surface area contributed by atoms with E-state index in [0.717, 1.165) is 26.1 Å². The van der Waals surface area contributed by atoms with Crippen molar-refractivity contribution in [1.82, 2.24) is 3.11 Å². The van der Waals surface area contributed by atoms with E-state index in [0.29, 0.717) is 0 Å². The first-order valence-corrected chi connectivity index (χ1v) is 4.42. The van der Waals surface area contributed by atoms with Crippen molar-refractivity contribution in [3.05, 3.63) is 0 Å². The van der Waals surface area contributed by atoms with Gasteiger partial charge in [0.05, 0.1) is 19.3 Å². The lowest BCUT2D eigenvalue weighted by Crippen LogP contribution is -2.17. The van der Waals surface area contributed by atoms with Gasteiger partial charge in [0.2, 0.25) is 0 Å². The van der Waals surface area contributed by atoms with Gasteiger partial charge in [-0.15, -0.1) is 0 Å². The number of hydrogen-bond donors (Lipinski definition) is 1. The van der Waals surface area contributed by atoms with Crippen LogP contribution in [0.15, 0.2) is 0 Å². The lowest BCUT2D eigenvalue weighted by Gasteiger charge is -2.09. The van der Waals surface area contributed by atoms with Gasteiger partial charge in [-0.25, -0.2) is 3.11 Å². The van der Waals surface area contributed by atoms with Gasteiger partial charge in [0.15, 0.2) is 0 Å². The molecule has 10 heavy (non-hydrogen) atoms. The number of hydrogen-bond acceptors (Lipinski definition) is 3. The molecule has 0 bridgehead atoms. The molecule has 4 heteroatoms. The fourth-order valence-electron chi connectivity index (χ4n) is 0.942. The van der Waals surface area contributed by atoms with E-state index in [4.69, 9.17) is 9.84 Å². The van der Waals surface area contributed by atoms with Crippen LogP contribution in [0.4, 0.5) is 0 Å². The summed E-state index contributed by atoms with van der Waals surface area (Å²) in [6.07, 6.45) is 1.01. The Kier molecular flexibility index (Phi) is 3.90. The van der Waals surface area contributed by atoms with Crippen LogP contribution in [0.1, 0.15) is 6.42 Å². The molecule has 0 saturated carbocycles. The second-order valence-corrected chi connectivity index (χ2v) is 3.74. The van der Waals surface area contributed by atoms with Crippen LogP contribution < -0.4 is 0 Å². The number of halogens is 1. The molecule has 60 valence electrons. The van der Waals surface area contributed by atoms with Crippen LogP contribution in [0.3, 0.4) is 0 Å². The first-order valence-electron chi connectivity index (χ1n) is 3.46. The smallest absolute Gasteiger partial charge is 0.0818 e. The maximum absolute atomic E-state index is 8.76. The molecule has 1 unspecified atom stereocenters. The van der Waals surface area contributed by atoms with Crippen molar-refractivity contribution in [3.63, 3.8) is 0 Å². The summed E-state index contributed by atoms with van der Waals surface area (Å²) >= 11 is 2.28. The fourth-order valence-corrected chi connectivity index (χ4v) is 1.42. The summed E-state index contributed by atoms with van der Waals surface area (Å²) in [4.78, 5) is 0. The Bertz CT molecular complexity index is 102. The molecule has 1 N–H and O–H groups in total. The summed E-state index contributed by atoms with van der Waals surface area (Å²) in [6, 6.07) is 0. The van der Waals surface area contributed by atoms with Crippen molar-refractivity contribution in [2.75, 3.05) is 26.3 Å². The van der Waals surface area contributed by atoms with E-state index < -0.39 is 0 Å². The molecule has 0 aliphatic carbocycles. The second-order valence-electron chi connectivity index (χ2n) is 2.37. The summed E-state index contributed by atoms with van der Waals surface area (Å²) in [5, 5.41) is 8.76. The monoisotopic (exact) mass is 257 g/mol. The molecule has 1 atom stereocenters. The Morgan fingerprint density at radius 3 is 3.10 bits per heavy atom. The molecule has 1 aliphatic rings. The van der Waals surface area contributed by atoms with Crippen molar-refractivity contribution in [1.29, 1.82) is 0 Å². The van der Waals surface area contributed by atoms with E-state index in [9.17, 15) is 0 Å². The van der Waals surface area contributed by atoms with Gasteiger partial charge in [-0.2, -0.15) is 0 Å². The van der Waals surface area contributed by atoms with E-state index in [2.05, 4.69) is 26.0 Å². The summed E-state index contributed by atoms with van der Waals surface area (Å²) in [5.41, 5.74) is 0. The van der Waals surface area contributed by atoms with Crippen molar-refractivity contribution in [2.24, 2.45) is 0 Å². The van der Waals surface area contributed by atoms with Gasteiger partial charge >= 0.3 is 0 Å². The molecule has 1 aliphatic heterocycles. The average molecular weight is 257 g/mol. The molecule has 1 saturated heterocycles. The molecule has 0 aromatic carbocycles. The largest absolute Gasteiger partial charge is 0.394 e. The standard InChI is InChI=1S/C6H12INO2/c7-8-2-1-6(5-9)10-4-3-8/h6,9H,1-5H2. The Labute approximate surface area is 74.8 Å². The van der Waals surface area contributed by atoms with Crippen molar-refractivity contribution < 1.29 is 9.84 Å². The predicted octanol–water partition coefficient (Wildman–Crippen LogP) is 0.420. The molecule has 0 amide bonds. The zero-order valence-electron chi connectivity index (χ0n) is 5.79. The number of aliphatic hydroxyl groups excluding tert-OH is 1. The maximum Gasteiger partial charge on any atom is 0.0818 e. The van der Waals surface area contributed by atoms with E-state index in [1.165, 1.54) is 0 Å². The van der Waals surface area contributed by atoms with Crippen molar-refractivity contribution in [3.8, 4) is 0 Å². The lowest BCUT2D eigenvalue weighted by molar-refractivity contribution is 0.0217. The summed E-state index contributed by atoms with van der Waals surface area (Å²) in [5.74, 6) is 0. The van der Waals surface area contributed by atoms with E-state index in [-0.39, 0.29) is 12.7 Å². The minimum absolute atomic E-state index is 0.0692. The van der Waals surface area contributed by atoms with Gasteiger partial charge in [-0.1, -0.05) is 0 Å². The molecule has 1 heterocycles. The van der Waals surface area contributed by atoms with Gasteiger partial charge in [-0.3, -0.25) is 0 Å². The third-order valence-electron chi connectivity index (χ3n) is 1.58. The second kappa shape index (κ2) is 4.48. The molecule has 1 fully saturated rings. The Morgan fingerprint density at radius 1 is 1.60 bits per heavy atom. The highest BCUT2D eigenvalue weighted by atomic mass is 127. The molecular weight excluding hydrogens is 245 g/mol. The first kappa shape index (κ1) is 8.70. The normalized spacial score (nSPS) is 30.0. The highest BCUT2D eigenvalue weighted by Crippen LogP contribution is 2.09. The summed E-state index contributed by atoms with van der Waals surface area (Å²) in [7, 11) is 0. The Hall–Kier alpha value is 0.610. The lowest BCUT2D eigenvalue weighted by atomic mass is 10.3. The van der Waals surface area contributed by atoms with E-state index in [1.807, 2.05) is 0 Å². The van der Waals surface area contributed by atoms with Gasteiger partial charge < -0.3 is 9.84 Å². The summed E-state index contributed by atoms with van der Waals surface area (Å²) < 4.78 is 7.51. The van der Waals surface area contributed by atoms with Crippen molar-refractivity contribution >= 4 is 22.9 Å². The number of rotatable bonds is 1. The van der Waals surface area contributed by atoms with Crippen LogP contribution in [0.25, 0.3) is 0 Å². The first-order chi connectivity index (χ1) is 4.83. The van der Waals surface area contributed by atoms with Crippen LogP contribution in [0.2, 0.25) is 0 Å². The minimum Gasteiger partial charge on any atom is -0.394 e. The van der Waals surface area contributed by atoms with Crippen LogP contribution in [0, 0.1) is 0 Å². The predicted molar refractivity (Wildman–Crippen MR) is 47.0 cm³/mol. The number of aliphatic hydroxyl groups is 1. The molecule has 0 aromatic heterocycles. The fraction of sp³-hybridized carbons (Fsp3) is 1.00. The molecule has 0 aromatic rings. The Balaban J connectivity index is 2.26. The van der Waals surface area contributed by atoms with Crippen molar-refractivity contribution in [2.45, 2.75) is 12.5 Å². The zero-order valence-corrected chi connectivity index (χ0v) is 7.95. The highest BCUT2D eigenvalue weighted by Gasteiger charge is 2.13. The quantitative estimate of drug-likeness (QED) is 0.546. The molecule has 3 nitrogen and oxygen atoms in total. The topological polar surface area (TPSA) is 32.7 Å². The zero-order chi connectivity index (χ0) is 7.40. The molecule has 0 spiro atoms. The number of ether oxygens (including phenoxy) is 1. The van der Waals surface area contributed by atoms with Gasteiger partial charge in [0.1, 0.15) is 0 Å². The van der Waals surface area contributed by atoms with Gasteiger partial charge in [0.25, 0.3) is 0 Å². The van der Waals surface area contributed by atoms with Crippen LogP contribution in [-0.4, -0.2) is 40.6 Å². The van der Waals surface area contributed by atoms with Crippen LogP contribution in [0.5, 0.6) is 0 Å². The Morgan fingerprint density at radius 2 is 2.40 bits per heavy atom. The maximum atomic E-state index is 8.76. The van der Waals surface area contributed by atoms with Gasteiger partial charge in [0, 0.05) is 36.0 Å². The molecule has 1 rings (SSSR count). The van der Waals surface area contributed by atoms with Gasteiger partial charge in [-0.05, 0) is 6.42 Å². The average Bonchev–Trinajstić information content (AvgIpc) is 2.14. The van der Waals surface area contributed by atoms with E-state index in [1.54, 1.807) is 0 Å². The third-order valence-corrected chi connectivity index (χ3v) is 2.55. The highest BCUT2D eigenvalue weighted by molar-refractivity contribution is 14.1.